The van der Waals surface area contributed by atoms with Gasteiger partial charge in [0.25, 0.3) is 0 Å². The molecule has 3 rings (SSSR count). The highest BCUT2D eigenvalue weighted by molar-refractivity contribution is 7.91. The van der Waals surface area contributed by atoms with E-state index in [-0.39, 0.29) is 23.6 Å². The summed E-state index contributed by atoms with van der Waals surface area (Å²) in [6.45, 7) is 3.15. The molecule has 1 aromatic carbocycles. The topological polar surface area (TPSA) is 74.7 Å². The van der Waals surface area contributed by atoms with E-state index in [0.29, 0.717) is 24.4 Å². The van der Waals surface area contributed by atoms with Crippen LogP contribution in [0.1, 0.15) is 24.9 Å². The summed E-state index contributed by atoms with van der Waals surface area (Å²) in [5, 5.41) is 9.26. The Labute approximate surface area is 124 Å². The number of hydrogen-bond acceptors (Lipinski definition) is 4. The minimum Gasteiger partial charge on any atom is -0.481 e. The van der Waals surface area contributed by atoms with Gasteiger partial charge in [0.1, 0.15) is 0 Å². The van der Waals surface area contributed by atoms with Crippen LogP contribution in [0.3, 0.4) is 0 Å². The molecule has 114 valence electrons. The van der Waals surface area contributed by atoms with Gasteiger partial charge < -0.3 is 5.11 Å². The Morgan fingerprint density at radius 3 is 2.67 bits per heavy atom. The summed E-state index contributed by atoms with van der Waals surface area (Å²) in [6.07, 6.45) is 0.540. The number of carboxylic acid groups (broad SMARTS) is 1. The maximum Gasteiger partial charge on any atom is 0.308 e. The van der Waals surface area contributed by atoms with Crippen molar-refractivity contribution in [1.82, 2.24) is 4.90 Å². The maximum absolute atomic E-state index is 12.2. The van der Waals surface area contributed by atoms with E-state index in [1.165, 1.54) is 0 Å². The lowest BCUT2D eigenvalue weighted by atomic mass is 9.99. The van der Waals surface area contributed by atoms with Crippen molar-refractivity contribution in [3.8, 4) is 0 Å². The van der Waals surface area contributed by atoms with E-state index >= 15 is 0 Å². The number of carboxylic acids is 1. The predicted octanol–water partition coefficient (Wildman–Crippen LogP) is 1.56. The van der Waals surface area contributed by atoms with Crippen molar-refractivity contribution in [3.63, 3.8) is 0 Å². The van der Waals surface area contributed by atoms with Crippen LogP contribution >= 0.6 is 0 Å². The summed E-state index contributed by atoms with van der Waals surface area (Å²) in [6, 6.07) is 7.11. The van der Waals surface area contributed by atoms with Crippen LogP contribution in [0.15, 0.2) is 29.2 Å². The fraction of sp³-hybridized carbons (Fsp3) is 0.533. The van der Waals surface area contributed by atoms with Gasteiger partial charge in [-0.25, -0.2) is 8.42 Å². The standard InChI is InChI=1S/C15H19NO4S/c1-10-8-16(9-12(10)15(17)18)13-6-7-21(19,20)14-5-3-2-4-11(13)14/h2-5,10,12-13H,6-9H2,1H3,(H,17,18)/t10-,12-,13?/m1/s1. The van der Waals surface area contributed by atoms with Gasteiger partial charge in [0.2, 0.25) is 0 Å². The molecule has 6 heteroatoms. The van der Waals surface area contributed by atoms with Crippen LogP contribution in [0.2, 0.25) is 0 Å². The fourth-order valence-electron chi connectivity index (χ4n) is 3.53. The lowest BCUT2D eigenvalue weighted by molar-refractivity contribution is -0.142. The smallest absolute Gasteiger partial charge is 0.308 e. The lowest BCUT2D eigenvalue weighted by Crippen LogP contribution is -2.33. The molecule has 1 N–H and O–H groups in total. The molecule has 1 aromatic rings. The van der Waals surface area contributed by atoms with Crippen molar-refractivity contribution in [2.45, 2.75) is 24.3 Å². The second-order valence-electron chi connectivity index (χ2n) is 6.04. The third-order valence-corrected chi connectivity index (χ3v) is 6.49. The molecule has 5 nitrogen and oxygen atoms in total. The van der Waals surface area contributed by atoms with Crippen LogP contribution in [0.5, 0.6) is 0 Å². The second-order valence-corrected chi connectivity index (χ2v) is 8.11. The zero-order valence-corrected chi connectivity index (χ0v) is 12.7. The SMILES string of the molecule is C[C@@H]1CN(C2CCS(=O)(=O)c3ccccc32)C[C@H]1C(=O)O. The number of rotatable bonds is 2. The van der Waals surface area contributed by atoms with E-state index in [2.05, 4.69) is 4.90 Å². The van der Waals surface area contributed by atoms with Crippen LogP contribution in [-0.2, 0) is 14.6 Å². The molecule has 1 fully saturated rings. The van der Waals surface area contributed by atoms with E-state index in [9.17, 15) is 18.3 Å². The number of nitrogens with zero attached hydrogens (tertiary/aromatic N) is 1. The Balaban J connectivity index is 1.93. The minimum absolute atomic E-state index is 0.0107. The van der Waals surface area contributed by atoms with E-state index in [0.717, 1.165) is 5.56 Å². The number of likely N-dealkylation sites (tertiary alicyclic amines) is 1. The van der Waals surface area contributed by atoms with Gasteiger partial charge in [-0.15, -0.1) is 0 Å². The molecule has 1 unspecified atom stereocenters. The van der Waals surface area contributed by atoms with Crippen molar-refractivity contribution in [3.05, 3.63) is 29.8 Å². The summed E-state index contributed by atoms with van der Waals surface area (Å²) in [5.74, 6) is -0.900. The quantitative estimate of drug-likeness (QED) is 0.897. The average molecular weight is 309 g/mol. The molecule has 0 amide bonds. The van der Waals surface area contributed by atoms with Crippen LogP contribution in [0.4, 0.5) is 0 Å². The van der Waals surface area contributed by atoms with Crippen LogP contribution in [0, 0.1) is 11.8 Å². The molecule has 3 atom stereocenters. The summed E-state index contributed by atoms with van der Waals surface area (Å²) < 4.78 is 24.3. The molecule has 0 spiro atoms. The molecular formula is C15H19NO4S. The van der Waals surface area contributed by atoms with Gasteiger partial charge in [0.05, 0.1) is 16.6 Å². The van der Waals surface area contributed by atoms with E-state index in [1.807, 2.05) is 19.1 Å². The Morgan fingerprint density at radius 1 is 1.29 bits per heavy atom. The molecule has 2 heterocycles. The highest BCUT2D eigenvalue weighted by atomic mass is 32.2. The van der Waals surface area contributed by atoms with E-state index < -0.39 is 15.8 Å². The normalized spacial score (nSPS) is 31.8. The molecule has 0 bridgehead atoms. The Hall–Kier alpha value is -1.40. The van der Waals surface area contributed by atoms with E-state index in [4.69, 9.17) is 0 Å². The first-order valence-corrected chi connectivity index (χ1v) is 8.84. The second kappa shape index (κ2) is 5.10. The number of benzene rings is 1. The van der Waals surface area contributed by atoms with Gasteiger partial charge in [0.15, 0.2) is 9.84 Å². The van der Waals surface area contributed by atoms with Crippen molar-refractivity contribution < 1.29 is 18.3 Å². The number of sulfone groups is 1. The van der Waals surface area contributed by atoms with Gasteiger partial charge in [-0.2, -0.15) is 0 Å². The van der Waals surface area contributed by atoms with Crippen molar-refractivity contribution in [1.29, 1.82) is 0 Å². The van der Waals surface area contributed by atoms with Crippen LogP contribution < -0.4 is 0 Å². The lowest BCUT2D eigenvalue weighted by Gasteiger charge is -2.33. The fourth-order valence-corrected chi connectivity index (χ4v) is 5.13. The number of fused-ring (bicyclic) bond motifs is 1. The molecule has 2 aliphatic heterocycles. The van der Waals surface area contributed by atoms with Crippen LogP contribution in [-0.4, -0.2) is 43.2 Å². The zero-order valence-electron chi connectivity index (χ0n) is 11.9. The Bertz CT molecular complexity index is 670. The highest BCUT2D eigenvalue weighted by Gasteiger charge is 2.41. The third kappa shape index (κ3) is 2.46. The molecule has 1 saturated heterocycles. The molecule has 2 aliphatic rings. The number of aliphatic carboxylic acids is 1. The molecule has 0 radical (unpaired) electrons. The predicted molar refractivity (Wildman–Crippen MR) is 77.7 cm³/mol. The van der Waals surface area contributed by atoms with Gasteiger partial charge in [-0.1, -0.05) is 25.1 Å². The molecule has 0 saturated carbocycles. The number of hydrogen-bond donors (Lipinski definition) is 1. The van der Waals surface area contributed by atoms with Gasteiger partial charge in [-0.05, 0) is 24.0 Å². The molecule has 21 heavy (non-hydrogen) atoms. The molecule has 0 aromatic heterocycles. The first-order chi connectivity index (χ1) is 9.90. The summed E-state index contributed by atoms with van der Waals surface area (Å²) in [7, 11) is -3.19. The number of carbonyl (C=O) groups is 1. The summed E-state index contributed by atoms with van der Waals surface area (Å²) >= 11 is 0. The molecule has 0 aliphatic carbocycles. The van der Waals surface area contributed by atoms with Gasteiger partial charge >= 0.3 is 5.97 Å². The summed E-state index contributed by atoms with van der Waals surface area (Å²) in [5.41, 5.74) is 0.821. The average Bonchev–Trinajstić information content (AvgIpc) is 2.81. The van der Waals surface area contributed by atoms with E-state index in [1.54, 1.807) is 12.1 Å². The Morgan fingerprint density at radius 2 is 2.00 bits per heavy atom. The first kappa shape index (κ1) is 14.5. The highest BCUT2D eigenvalue weighted by Crippen LogP contribution is 2.39. The maximum atomic E-state index is 12.2. The van der Waals surface area contributed by atoms with Crippen LogP contribution in [0.25, 0.3) is 0 Å². The summed E-state index contributed by atoms with van der Waals surface area (Å²) in [4.78, 5) is 13.8. The monoisotopic (exact) mass is 309 g/mol. The molecular weight excluding hydrogens is 290 g/mol. The van der Waals surface area contributed by atoms with Gasteiger partial charge in [0, 0.05) is 19.1 Å². The van der Waals surface area contributed by atoms with Crippen molar-refractivity contribution in [2.24, 2.45) is 11.8 Å². The zero-order chi connectivity index (χ0) is 15.2. The third-order valence-electron chi connectivity index (χ3n) is 4.67. The van der Waals surface area contributed by atoms with Gasteiger partial charge in [-0.3, -0.25) is 9.69 Å². The first-order valence-electron chi connectivity index (χ1n) is 7.18. The Kier molecular flexibility index (Phi) is 3.53. The van der Waals surface area contributed by atoms with Crippen molar-refractivity contribution >= 4 is 15.8 Å². The largest absolute Gasteiger partial charge is 0.481 e. The van der Waals surface area contributed by atoms with Crippen molar-refractivity contribution in [2.75, 3.05) is 18.8 Å². The minimum atomic E-state index is -3.19.